The standard InChI is InChI=1S/C41H27N3O2/c1-41(2)29-11-4-3-10-26(29)38-30(41)12-9-15-35(38)44-33-20-18-24(39-42-31-13-5-7-16-36(31)45-39)22-27(33)28-23-25(19-21-34(28)44)40-43-32-14-6-8-17-37(32)46-40/h3-23H,1-2H3. The normalized spacial score (nSPS) is 13.6. The molecule has 3 heterocycles. The molecule has 0 fully saturated rings. The second-order valence-corrected chi connectivity index (χ2v) is 12.6. The van der Waals surface area contributed by atoms with Crippen molar-refractivity contribution in [1.29, 1.82) is 0 Å². The minimum absolute atomic E-state index is 0.0963. The van der Waals surface area contributed by atoms with Crippen LogP contribution in [0, 0.1) is 0 Å². The average molecular weight is 594 g/mol. The van der Waals surface area contributed by atoms with Crippen LogP contribution >= 0.6 is 0 Å². The smallest absolute Gasteiger partial charge is 0.227 e. The molecule has 0 amide bonds. The van der Waals surface area contributed by atoms with E-state index < -0.39 is 0 Å². The van der Waals surface area contributed by atoms with Gasteiger partial charge in [0.1, 0.15) is 11.0 Å². The predicted octanol–water partition coefficient (Wildman–Crippen LogP) is 10.7. The molecule has 5 heteroatoms. The third kappa shape index (κ3) is 3.45. The molecule has 0 bridgehead atoms. The van der Waals surface area contributed by atoms with Gasteiger partial charge in [0.25, 0.3) is 0 Å². The fraction of sp³-hybridized carbons (Fsp3) is 0.0732. The Morgan fingerprint density at radius 3 is 1.70 bits per heavy atom. The zero-order chi connectivity index (χ0) is 30.6. The fourth-order valence-corrected chi connectivity index (χ4v) is 7.46. The molecular formula is C41H27N3O2. The van der Waals surface area contributed by atoms with Crippen molar-refractivity contribution in [3.8, 4) is 39.7 Å². The summed E-state index contributed by atoms with van der Waals surface area (Å²) in [6.07, 6.45) is 0. The van der Waals surface area contributed by atoms with Crippen LogP contribution in [-0.2, 0) is 5.41 Å². The summed E-state index contributed by atoms with van der Waals surface area (Å²) in [5.41, 5.74) is 13.7. The Labute approximate surface area is 264 Å². The van der Waals surface area contributed by atoms with Gasteiger partial charge in [-0.05, 0) is 83.4 Å². The number of para-hydroxylation sites is 4. The number of benzene rings is 6. The second kappa shape index (κ2) is 9.05. The molecule has 0 saturated carbocycles. The molecule has 0 radical (unpaired) electrons. The number of aromatic nitrogens is 3. The van der Waals surface area contributed by atoms with Crippen molar-refractivity contribution in [3.63, 3.8) is 0 Å². The monoisotopic (exact) mass is 593 g/mol. The molecule has 10 rings (SSSR count). The summed E-state index contributed by atoms with van der Waals surface area (Å²) < 4.78 is 14.8. The Hall–Kier alpha value is -5.94. The molecule has 6 aromatic carbocycles. The third-order valence-electron chi connectivity index (χ3n) is 9.67. The van der Waals surface area contributed by atoms with Gasteiger partial charge < -0.3 is 13.4 Å². The van der Waals surface area contributed by atoms with Crippen LogP contribution in [0.4, 0.5) is 0 Å². The Morgan fingerprint density at radius 1 is 0.543 bits per heavy atom. The van der Waals surface area contributed by atoms with E-state index in [0.717, 1.165) is 55.1 Å². The van der Waals surface area contributed by atoms with Crippen LogP contribution in [-0.4, -0.2) is 14.5 Å². The van der Waals surface area contributed by atoms with Gasteiger partial charge >= 0.3 is 0 Å². The first kappa shape index (κ1) is 25.4. The molecule has 0 N–H and O–H groups in total. The summed E-state index contributed by atoms with van der Waals surface area (Å²) in [7, 11) is 0. The molecule has 218 valence electrons. The molecule has 0 aliphatic heterocycles. The van der Waals surface area contributed by atoms with Gasteiger partial charge in [-0.15, -0.1) is 0 Å². The van der Waals surface area contributed by atoms with E-state index in [-0.39, 0.29) is 5.41 Å². The van der Waals surface area contributed by atoms with E-state index in [1.165, 1.54) is 27.9 Å². The highest BCUT2D eigenvalue weighted by Gasteiger charge is 2.37. The first-order chi connectivity index (χ1) is 22.5. The molecule has 1 aliphatic carbocycles. The number of fused-ring (bicyclic) bond motifs is 8. The maximum Gasteiger partial charge on any atom is 0.227 e. The van der Waals surface area contributed by atoms with Crippen LogP contribution in [0.5, 0.6) is 0 Å². The van der Waals surface area contributed by atoms with Gasteiger partial charge in [-0.2, -0.15) is 0 Å². The van der Waals surface area contributed by atoms with Crippen molar-refractivity contribution in [3.05, 3.63) is 139 Å². The Balaban J connectivity index is 1.27. The van der Waals surface area contributed by atoms with Crippen molar-refractivity contribution in [1.82, 2.24) is 14.5 Å². The lowest BCUT2D eigenvalue weighted by atomic mass is 9.82. The highest BCUT2D eigenvalue weighted by Crippen LogP contribution is 2.51. The number of rotatable bonds is 3. The Morgan fingerprint density at radius 2 is 1.09 bits per heavy atom. The number of hydrogen-bond donors (Lipinski definition) is 0. The summed E-state index contributed by atoms with van der Waals surface area (Å²) in [5.74, 6) is 1.21. The lowest BCUT2D eigenvalue weighted by Crippen LogP contribution is -2.14. The summed E-state index contributed by atoms with van der Waals surface area (Å²) in [4.78, 5) is 9.63. The topological polar surface area (TPSA) is 57.0 Å². The van der Waals surface area contributed by atoms with Crippen LogP contribution in [0.15, 0.2) is 136 Å². The van der Waals surface area contributed by atoms with E-state index in [9.17, 15) is 0 Å². The lowest BCUT2D eigenvalue weighted by Gasteiger charge is -2.21. The second-order valence-electron chi connectivity index (χ2n) is 12.6. The van der Waals surface area contributed by atoms with Crippen LogP contribution in [0.1, 0.15) is 25.0 Å². The fourth-order valence-electron chi connectivity index (χ4n) is 7.46. The molecule has 5 nitrogen and oxygen atoms in total. The van der Waals surface area contributed by atoms with Crippen LogP contribution in [0.3, 0.4) is 0 Å². The Bertz CT molecular complexity index is 2490. The SMILES string of the molecule is CC1(C)c2ccccc2-c2c(-n3c4ccc(-c5nc6ccccc6o5)cc4c4cc(-c5nc6ccccc6o5)ccc43)cccc21. The van der Waals surface area contributed by atoms with E-state index in [1.54, 1.807) is 0 Å². The molecule has 0 atom stereocenters. The Kier molecular flexibility index (Phi) is 5.00. The summed E-state index contributed by atoms with van der Waals surface area (Å²) in [6.45, 7) is 4.65. The maximum atomic E-state index is 6.21. The zero-order valence-corrected chi connectivity index (χ0v) is 25.3. The maximum absolute atomic E-state index is 6.21. The van der Waals surface area contributed by atoms with Crippen LogP contribution < -0.4 is 0 Å². The average Bonchev–Trinajstić information content (AvgIpc) is 3.85. The van der Waals surface area contributed by atoms with E-state index >= 15 is 0 Å². The van der Waals surface area contributed by atoms with E-state index in [1.807, 2.05) is 48.5 Å². The van der Waals surface area contributed by atoms with Crippen molar-refractivity contribution in [2.75, 3.05) is 0 Å². The van der Waals surface area contributed by atoms with Crippen molar-refractivity contribution in [2.45, 2.75) is 19.3 Å². The zero-order valence-electron chi connectivity index (χ0n) is 25.3. The molecule has 0 spiro atoms. The van der Waals surface area contributed by atoms with Crippen molar-refractivity contribution in [2.24, 2.45) is 0 Å². The highest BCUT2D eigenvalue weighted by molar-refractivity contribution is 6.12. The lowest BCUT2D eigenvalue weighted by molar-refractivity contribution is 0.619. The quantitative estimate of drug-likeness (QED) is 0.204. The third-order valence-corrected chi connectivity index (χ3v) is 9.67. The van der Waals surface area contributed by atoms with E-state index in [4.69, 9.17) is 18.8 Å². The molecule has 0 saturated heterocycles. The minimum Gasteiger partial charge on any atom is -0.436 e. The van der Waals surface area contributed by atoms with Gasteiger partial charge in [-0.1, -0.05) is 74.5 Å². The largest absolute Gasteiger partial charge is 0.436 e. The summed E-state index contributed by atoms with van der Waals surface area (Å²) in [6, 6.07) is 44.4. The van der Waals surface area contributed by atoms with Crippen LogP contribution in [0.2, 0.25) is 0 Å². The molecule has 46 heavy (non-hydrogen) atoms. The highest BCUT2D eigenvalue weighted by atomic mass is 16.4. The van der Waals surface area contributed by atoms with E-state index in [0.29, 0.717) is 11.8 Å². The van der Waals surface area contributed by atoms with Crippen molar-refractivity contribution >= 4 is 44.0 Å². The first-order valence-corrected chi connectivity index (χ1v) is 15.6. The first-order valence-electron chi connectivity index (χ1n) is 15.6. The molecule has 9 aromatic rings. The number of hydrogen-bond acceptors (Lipinski definition) is 4. The number of oxazole rings is 2. The minimum atomic E-state index is -0.0963. The van der Waals surface area contributed by atoms with Gasteiger partial charge in [-0.25, -0.2) is 9.97 Å². The summed E-state index contributed by atoms with van der Waals surface area (Å²) in [5, 5.41) is 2.21. The van der Waals surface area contributed by atoms with Gasteiger partial charge in [-0.3, -0.25) is 0 Å². The van der Waals surface area contributed by atoms with Gasteiger partial charge in [0.2, 0.25) is 11.8 Å². The van der Waals surface area contributed by atoms with E-state index in [2.05, 4.69) is 97.3 Å². The summed E-state index contributed by atoms with van der Waals surface area (Å²) >= 11 is 0. The van der Waals surface area contributed by atoms with Gasteiger partial charge in [0.05, 0.1) is 16.7 Å². The van der Waals surface area contributed by atoms with Gasteiger partial charge in [0.15, 0.2) is 11.2 Å². The molecule has 0 unspecified atom stereocenters. The van der Waals surface area contributed by atoms with Crippen molar-refractivity contribution < 1.29 is 8.83 Å². The number of nitrogens with zero attached hydrogens (tertiary/aromatic N) is 3. The van der Waals surface area contributed by atoms with Crippen LogP contribution in [0.25, 0.3) is 83.7 Å². The molecule has 3 aromatic heterocycles. The van der Waals surface area contributed by atoms with Gasteiger partial charge in [0, 0.05) is 32.9 Å². The molecule has 1 aliphatic rings. The predicted molar refractivity (Wildman–Crippen MR) is 184 cm³/mol. The molecular weight excluding hydrogens is 566 g/mol.